The molecule has 0 spiro atoms. The standard InChI is InChI=1S/C15H20N2O4/c18-14(19)12-5-3-4-11(8-12)9-16-15(20)17-10-13-6-1-2-7-21-13/h3-5,8,13H,1-2,6-7,9-10H2,(H,18,19)(H2,16,17,20). The molecule has 2 rings (SSSR count). The van der Waals surface area contributed by atoms with Crippen LogP contribution >= 0.6 is 0 Å². The molecule has 1 aliphatic rings. The van der Waals surface area contributed by atoms with Crippen LogP contribution in [0.4, 0.5) is 4.79 Å². The predicted octanol–water partition coefficient (Wildman–Crippen LogP) is 1.75. The monoisotopic (exact) mass is 292 g/mol. The summed E-state index contributed by atoms with van der Waals surface area (Å²) < 4.78 is 5.53. The number of aromatic carboxylic acids is 1. The molecule has 1 saturated heterocycles. The average Bonchev–Trinajstić information content (AvgIpc) is 2.52. The van der Waals surface area contributed by atoms with Crippen LogP contribution in [0, 0.1) is 0 Å². The number of nitrogens with one attached hydrogen (secondary N) is 2. The number of carboxylic acids is 1. The summed E-state index contributed by atoms with van der Waals surface area (Å²) in [5, 5.41) is 14.4. The number of hydrogen-bond donors (Lipinski definition) is 3. The van der Waals surface area contributed by atoms with Crippen LogP contribution in [0.5, 0.6) is 0 Å². The van der Waals surface area contributed by atoms with Crippen molar-refractivity contribution >= 4 is 12.0 Å². The van der Waals surface area contributed by atoms with Gasteiger partial charge in [0.25, 0.3) is 0 Å². The number of rotatable bonds is 5. The van der Waals surface area contributed by atoms with Crippen molar-refractivity contribution in [3.05, 3.63) is 35.4 Å². The molecule has 1 atom stereocenters. The predicted molar refractivity (Wildman–Crippen MR) is 77.2 cm³/mol. The largest absolute Gasteiger partial charge is 0.478 e. The van der Waals surface area contributed by atoms with E-state index in [0.29, 0.717) is 13.1 Å². The second kappa shape index (κ2) is 7.64. The van der Waals surface area contributed by atoms with Gasteiger partial charge in [-0.15, -0.1) is 0 Å². The third-order valence-corrected chi connectivity index (χ3v) is 3.39. The minimum absolute atomic E-state index is 0.0971. The molecule has 3 N–H and O–H groups in total. The molecule has 1 aromatic carbocycles. The van der Waals surface area contributed by atoms with E-state index < -0.39 is 5.97 Å². The molecule has 1 aliphatic heterocycles. The molecule has 0 aromatic heterocycles. The van der Waals surface area contributed by atoms with Gasteiger partial charge in [0.1, 0.15) is 0 Å². The van der Waals surface area contributed by atoms with E-state index in [-0.39, 0.29) is 17.7 Å². The smallest absolute Gasteiger partial charge is 0.335 e. The summed E-state index contributed by atoms with van der Waals surface area (Å²) in [6.45, 7) is 1.55. The average molecular weight is 292 g/mol. The van der Waals surface area contributed by atoms with Gasteiger partial charge in [-0.25, -0.2) is 9.59 Å². The van der Waals surface area contributed by atoms with Crippen LogP contribution in [0.1, 0.15) is 35.2 Å². The topological polar surface area (TPSA) is 87.7 Å². The molecule has 1 aromatic rings. The lowest BCUT2D eigenvalue weighted by atomic mass is 10.1. The van der Waals surface area contributed by atoms with E-state index in [1.807, 2.05) is 0 Å². The van der Waals surface area contributed by atoms with Gasteiger partial charge >= 0.3 is 12.0 Å². The number of hydrogen-bond acceptors (Lipinski definition) is 3. The molecule has 21 heavy (non-hydrogen) atoms. The van der Waals surface area contributed by atoms with Crippen LogP contribution in [0.2, 0.25) is 0 Å². The first kappa shape index (κ1) is 15.3. The van der Waals surface area contributed by atoms with E-state index in [4.69, 9.17) is 9.84 Å². The molecule has 1 unspecified atom stereocenters. The number of urea groups is 1. The van der Waals surface area contributed by atoms with Gasteiger partial charge in [0.15, 0.2) is 0 Å². The quantitative estimate of drug-likeness (QED) is 0.771. The number of carboxylic acid groups (broad SMARTS) is 1. The normalized spacial score (nSPS) is 18.0. The van der Waals surface area contributed by atoms with E-state index in [0.717, 1.165) is 31.4 Å². The Morgan fingerprint density at radius 3 is 2.86 bits per heavy atom. The van der Waals surface area contributed by atoms with Crippen molar-refractivity contribution in [2.45, 2.75) is 31.9 Å². The SMILES string of the molecule is O=C(NCc1cccc(C(=O)O)c1)NCC1CCCCO1. The Bertz CT molecular complexity index is 498. The van der Waals surface area contributed by atoms with Crippen molar-refractivity contribution in [1.82, 2.24) is 10.6 Å². The molecular formula is C15H20N2O4. The molecule has 114 valence electrons. The van der Waals surface area contributed by atoms with Crippen LogP contribution in [-0.4, -0.2) is 36.4 Å². The fraction of sp³-hybridized carbons (Fsp3) is 0.467. The van der Waals surface area contributed by atoms with Crippen molar-refractivity contribution in [2.75, 3.05) is 13.2 Å². The maximum atomic E-state index is 11.7. The molecule has 0 radical (unpaired) electrons. The minimum atomic E-state index is -0.976. The minimum Gasteiger partial charge on any atom is -0.478 e. The second-order valence-corrected chi connectivity index (χ2v) is 5.06. The van der Waals surface area contributed by atoms with Gasteiger partial charge in [0, 0.05) is 19.7 Å². The fourth-order valence-corrected chi connectivity index (χ4v) is 2.23. The maximum Gasteiger partial charge on any atom is 0.335 e. The summed E-state index contributed by atoms with van der Waals surface area (Å²) in [5.74, 6) is -0.976. The molecule has 0 saturated carbocycles. The first-order valence-corrected chi connectivity index (χ1v) is 7.10. The summed E-state index contributed by atoms with van der Waals surface area (Å²) in [6, 6.07) is 6.23. The lowest BCUT2D eigenvalue weighted by Crippen LogP contribution is -2.41. The van der Waals surface area contributed by atoms with E-state index in [1.54, 1.807) is 18.2 Å². The van der Waals surface area contributed by atoms with Crippen LogP contribution in [0.25, 0.3) is 0 Å². The lowest BCUT2D eigenvalue weighted by molar-refractivity contribution is 0.0184. The van der Waals surface area contributed by atoms with Gasteiger partial charge in [0.2, 0.25) is 0 Å². The Balaban J connectivity index is 1.73. The Labute approximate surface area is 123 Å². The molecule has 6 nitrogen and oxygen atoms in total. The van der Waals surface area contributed by atoms with E-state index in [9.17, 15) is 9.59 Å². The third-order valence-electron chi connectivity index (χ3n) is 3.39. The first-order chi connectivity index (χ1) is 10.1. The maximum absolute atomic E-state index is 11.7. The fourth-order valence-electron chi connectivity index (χ4n) is 2.23. The first-order valence-electron chi connectivity index (χ1n) is 7.10. The highest BCUT2D eigenvalue weighted by Crippen LogP contribution is 2.11. The lowest BCUT2D eigenvalue weighted by Gasteiger charge is -2.22. The molecule has 0 bridgehead atoms. The zero-order valence-electron chi connectivity index (χ0n) is 11.8. The molecular weight excluding hydrogens is 272 g/mol. The van der Waals surface area contributed by atoms with Gasteiger partial charge in [-0.05, 0) is 37.0 Å². The summed E-state index contributed by atoms with van der Waals surface area (Å²) in [5.41, 5.74) is 0.962. The molecule has 2 amide bonds. The van der Waals surface area contributed by atoms with Gasteiger partial charge in [-0.2, -0.15) is 0 Å². The van der Waals surface area contributed by atoms with Gasteiger partial charge in [-0.3, -0.25) is 0 Å². The highest BCUT2D eigenvalue weighted by Gasteiger charge is 2.14. The molecule has 1 heterocycles. The summed E-state index contributed by atoms with van der Waals surface area (Å²) in [6.07, 6.45) is 3.29. The van der Waals surface area contributed by atoms with Crippen LogP contribution in [0.3, 0.4) is 0 Å². The molecule has 6 heteroatoms. The van der Waals surface area contributed by atoms with E-state index >= 15 is 0 Å². The zero-order chi connectivity index (χ0) is 15.1. The zero-order valence-corrected chi connectivity index (χ0v) is 11.8. The van der Waals surface area contributed by atoms with Crippen molar-refractivity contribution in [3.8, 4) is 0 Å². The number of benzene rings is 1. The van der Waals surface area contributed by atoms with Gasteiger partial charge in [-0.1, -0.05) is 12.1 Å². The van der Waals surface area contributed by atoms with Gasteiger partial charge < -0.3 is 20.5 Å². The van der Waals surface area contributed by atoms with E-state index in [1.165, 1.54) is 6.07 Å². The van der Waals surface area contributed by atoms with Crippen molar-refractivity contribution < 1.29 is 19.4 Å². The second-order valence-electron chi connectivity index (χ2n) is 5.06. The molecule has 0 aliphatic carbocycles. The van der Waals surface area contributed by atoms with Crippen LogP contribution < -0.4 is 10.6 Å². The summed E-state index contributed by atoms with van der Waals surface area (Å²) in [4.78, 5) is 22.5. The number of ether oxygens (including phenoxy) is 1. The number of carbonyl (C=O) groups excluding carboxylic acids is 1. The Morgan fingerprint density at radius 2 is 2.14 bits per heavy atom. The van der Waals surface area contributed by atoms with Gasteiger partial charge in [0.05, 0.1) is 11.7 Å². The van der Waals surface area contributed by atoms with Crippen molar-refractivity contribution in [3.63, 3.8) is 0 Å². The number of carbonyl (C=O) groups is 2. The number of amides is 2. The van der Waals surface area contributed by atoms with Crippen LogP contribution in [0.15, 0.2) is 24.3 Å². The third kappa shape index (κ3) is 5.07. The van der Waals surface area contributed by atoms with Crippen LogP contribution in [-0.2, 0) is 11.3 Å². The molecule has 1 fully saturated rings. The summed E-state index contributed by atoms with van der Waals surface area (Å²) >= 11 is 0. The highest BCUT2D eigenvalue weighted by atomic mass is 16.5. The van der Waals surface area contributed by atoms with Crippen molar-refractivity contribution in [2.24, 2.45) is 0 Å². The Kier molecular flexibility index (Phi) is 5.57. The van der Waals surface area contributed by atoms with Crippen molar-refractivity contribution in [1.29, 1.82) is 0 Å². The Hall–Kier alpha value is -2.08. The highest BCUT2D eigenvalue weighted by molar-refractivity contribution is 5.87. The Morgan fingerprint density at radius 1 is 1.29 bits per heavy atom. The van der Waals surface area contributed by atoms with E-state index in [2.05, 4.69) is 10.6 Å². The summed E-state index contributed by atoms with van der Waals surface area (Å²) in [7, 11) is 0.